The number of aryl methyl sites for hydroxylation is 1. The molecule has 0 unspecified atom stereocenters. The lowest BCUT2D eigenvalue weighted by Gasteiger charge is -2.08. The number of hydrogen-bond donors (Lipinski definition) is 1. The predicted molar refractivity (Wildman–Crippen MR) is 81.2 cm³/mol. The largest absolute Gasteiger partial charge is 0.456 e. The second-order valence-corrected chi connectivity index (χ2v) is 4.46. The molecule has 3 heteroatoms. The highest BCUT2D eigenvalue weighted by Gasteiger charge is 2.02. The maximum absolute atomic E-state index is 5.72. The average Bonchev–Trinajstić information content (AvgIpc) is 2.38. The van der Waals surface area contributed by atoms with Crippen molar-refractivity contribution in [3.63, 3.8) is 0 Å². The Balaban J connectivity index is 0.000000771. The first-order valence-electron chi connectivity index (χ1n) is 5.95. The average molecular weight is 308 g/mol. The molecule has 2 aromatic rings. The first-order valence-corrected chi connectivity index (χ1v) is 6.74. The Hall–Kier alpha value is -1.48. The van der Waals surface area contributed by atoms with Crippen LogP contribution in [0.2, 0.25) is 0 Å². The summed E-state index contributed by atoms with van der Waals surface area (Å²) in [6.07, 6.45) is 0. The summed E-state index contributed by atoms with van der Waals surface area (Å²) in [7, 11) is 0. The molecule has 0 atom stereocenters. The van der Waals surface area contributed by atoms with Crippen LogP contribution >= 0.6 is 15.9 Å². The van der Waals surface area contributed by atoms with E-state index in [1.54, 1.807) is 0 Å². The van der Waals surface area contributed by atoms with Crippen LogP contribution in [0.25, 0.3) is 0 Å². The molecule has 2 rings (SSSR count). The minimum absolute atomic E-state index is 0.711. The minimum Gasteiger partial charge on any atom is -0.456 e. The summed E-state index contributed by atoms with van der Waals surface area (Å²) in [6.45, 7) is 6.04. The smallest absolute Gasteiger partial charge is 0.141 e. The number of nitrogen functional groups attached to an aromatic ring is 1. The zero-order valence-corrected chi connectivity index (χ0v) is 12.5. The third-order valence-electron chi connectivity index (χ3n) is 2.20. The first kappa shape index (κ1) is 14.6. The lowest BCUT2D eigenvalue weighted by atomic mass is 10.2. The molecular weight excluding hydrogens is 290 g/mol. The van der Waals surface area contributed by atoms with Crippen molar-refractivity contribution in [2.24, 2.45) is 0 Å². The van der Waals surface area contributed by atoms with Gasteiger partial charge >= 0.3 is 0 Å². The van der Waals surface area contributed by atoms with E-state index < -0.39 is 0 Å². The van der Waals surface area contributed by atoms with Crippen LogP contribution in [-0.4, -0.2) is 0 Å². The van der Waals surface area contributed by atoms with E-state index in [1.807, 2.05) is 63.2 Å². The Morgan fingerprint density at radius 2 is 1.61 bits per heavy atom. The zero-order valence-electron chi connectivity index (χ0n) is 10.9. The van der Waals surface area contributed by atoms with Gasteiger partial charge in [0.1, 0.15) is 11.5 Å². The van der Waals surface area contributed by atoms with Gasteiger partial charge in [0.05, 0.1) is 4.47 Å². The van der Waals surface area contributed by atoms with E-state index in [9.17, 15) is 0 Å². The van der Waals surface area contributed by atoms with Gasteiger partial charge in [-0.3, -0.25) is 0 Å². The molecule has 0 aliphatic heterocycles. The van der Waals surface area contributed by atoms with Crippen molar-refractivity contribution in [2.45, 2.75) is 20.8 Å². The summed E-state index contributed by atoms with van der Waals surface area (Å²) in [5.74, 6) is 1.58. The van der Waals surface area contributed by atoms with Gasteiger partial charge in [-0.05, 0) is 53.2 Å². The highest BCUT2D eigenvalue weighted by atomic mass is 79.9. The van der Waals surface area contributed by atoms with Crippen molar-refractivity contribution in [1.82, 2.24) is 0 Å². The predicted octanol–water partition coefficient (Wildman–Crippen LogP) is 5.16. The lowest BCUT2D eigenvalue weighted by Crippen LogP contribution is -1.88. The van der Waals surface area contributed by atoms with Gasteiger partial charge in [-0.2, -0.15) is 0 Å². The summed E-state index contributed by atoms with van der Waals surface area (Å²) in [5.41, 5.74) is 7.58. The second kappa shape index (κ2) is 7.07. The van der Waals surface area contributed by atoms with Gasteiger partial charge in [-0.25, -0.2) is 0 Å². The molecule has 0 aromatic heterocycles. The van der Waals surface area contributed by atoms with E-state index >= 15 is 0 Å². The summed E-state index contributed by atoms with van der Waals surface area (Å²) in [5, 5.41) is 0. The number of nitrogens with two attached hydrogens (primary N) is 1. The molecule has 2 N–H and O–H groups in total. The van der Waals surface area contributed by atoms with Gasteiger partial charge in [0.2, 0.25) is 0 Å². The standard InChI is InChI=1S/C13H12BrNO.C2H6/c1-9-2-5-11(6-3-9)16-13-7-4-10(15)8-12(13)14;1-2/h2-8H,15H2,1H3;1-2H3. The van der Waals surface area contributed by atoms with Crippen molar-refractivity contribution < 1.29 is 4.74 Å². The summed E-state index contributed by atoms with van der Waals surface area (Å²) >= 11 is 3.41. The van der Waals surface area contributed by atoms with Crippen LogP contribution in [-0.2, 0) is 0 Å². The molecule has 18 heavy (non-hydrogen) atoms. The Bertz CT molecular complexity index is 494. The SMILES string of the molecule is CC.Cc1ccc(Oc2ccc(N)cc2Br)cc1. The molecule has 0 fully saturated rings. The van der Waals surface area contributed by atoms with Crippen LogP contribution in [0.5, 0.6) is 11.5 Å². The number of rotatable bonds is 2. The Morgan fingerprint density at radius 3 is 2.17 bits per heavy atom. The zero-order chi connectivity index (χ0) is 13.5. The van der Waals surface area contributed by atoms with Gasteiger partial charge in [0.25, 0.3) is 0 Å². The highest BCUT2D eigenvalue weighted by molar-refractivity contribution is 9.10. The summed E-state index contributed by atoms with van der Waals surface area (Å²) in [6, 6.07) is 13.4. The van der Waals surface area contributed by atoms with Gasteiger partial charge in [-0.1, -0.05) is 31.5 Å². The van der Waals surface area contributed by atoms with E-state index in [-0.39, 0.29) is 0 Å². The third kappa shape index (κ3) is 4.08. The van der Waals surface area contributed by atoms with Crippen LogP contribution in [0.4, 0.5) is 5.69 Å². The molecular formula is C15H18BrNO. The van der Waals surface area contributed by atoms with Gasteiger partial charge in [0.15, 0.2) is 0 Å². The maximum Gasteiger partial charge on any atom is 0.141 e. The van der Waals surface area contributed by atoms with Crippen LogP contribution in [0.1, 0.15) is 19.4 Å². The van der Waals surface area contributed by atoms with Crippen molar-refractivity contribution in [3.8, 4) is 11.5 Å². The number of anilines is 1. The van der Waals surface area contributed by atoms with E-state index in [1.165, 1.54) is 5.56 Å². The molecule has 0 spiro atoms. The molecule has 0 saturated carbocycles. The molecule has 0 aliphatic rings. The van der Waals surface area contributed by atoms with Crippen LogP contribution in [0, 0.1) is 6.92 Å². The molecule has 96 valence electrons. The fourth-order valence-electron chi connectivity index (χ4n) is 1.33. The highest BCUT2D eigenvalue weighted by Crippen LogP contribution is 2.31. The second-order valence-electron chi connectivity index (χ2n) is 3.60. The number of hydrogen-bond acceptors (Lipinski definition) is 2. The Morgan fingerprint density at radius 1 is 1.00 bits per heavy atom. The summed E-state index contributed by atoms with van der Waals surface area (Å²) in [4.78, 5) is 0. The third-order valence-corrected chi connectivity index (χ3v) is 2.82. The molecule has 2 nitrogen and oxygen atoms in total. The van der Waals surface area contributed by atoms with Gasteiger partial charge in [-0.15, -0.1) is 0 Å². The van der Waals surface area contributed by atoms with Crippen molar-refractivity contribution in [2.75, 3.05) is 5.73 Å². The topological polar surface area (TPSA) is 35.2 Å². The summed E-state index contributed by atoms with van der Waals surface area (Å²) < 4.78 is 6.57. The fourth-order valence-corrected chi connectivity index (χ4v) is 1.81. The van der Waals surface area contributed by atoms with E-state index in [0.717, 1.165) is 16.0 Å². The van der Waals surface area contributed by atoms with E-state index in [0.29, 0.717) is 5.69 Å². The molecule has 0 bridgehead atoms. The molecule has 0 heterocycles. The fraction of sp³-hybridized carbons (Fsp3) is 0.200. The molecule has 0 amide bonds. The normalized spacial score (nSPS) is 9.33. The lowest BCUT2D eigenvalue weighted by molar-refractivity contribution is 0.479. The Labute approximate surface area is 117 Å². The van der Waals surface area contributed by atoms with E-state index in [4.69, 9.17) is 10.5 Å². The molecule has 2 aromatic carbocycles. The number of ether oxygens (including phenoxy) is 1. The Kier molecular flexibility index (Phi) is 5.72. The number of halogens is 1. The monoisotopic (exact) mass is 307 g/mol. The van der Waals surface area contributed by atoms with Crippen molar-refractivity contribution in [1.29, 1.82) is 0 Å². The molecule has 0 saturated heterocycles. The minimum atomic E-state index is 0.711. The quantitative estimate of drug-likeness (QED) is 0.778. The molecule has 0 aliphatic carbocycles. The van der Waals surface area contributed by atoms with Gasteiger partial charge in [0, 0.05) is 5.69 Å². The molecule has 0 radical (unpaired) electrons. The van der Waals surface area contributed by atoms with Crippen LogP contribution < -0.4 is 10.5 Å². The van der Waals surface area contributed by atoms with Gasteiger partial charge < -0.3 is 10.5 Å². The van der Waals surface area contributed by atoms with Crippen LogP contribution in [0.3, 0.4) is 0 Å². The number of benzene rings is 2. The van der Waals surface area contributed by atoms with Crippen LogP contribution in [0.15, 0.2) is 46.9 Å². The maximum atomic E-state index is 5.72. The van der Waals surface area contributed by atoms with E-state index in [2.05, 4.69) is 15.9 Å². The van der Waals surface area contributed by atoms with Crippen molar-refractivity contribution in [3.05, 3.63) is 52.5 Å². The van der Waals surface area contributed by atoms with Crippen molar-refractivity contribution >= 4 is 21.6 Å². The first-order chi connectivity index (χ1) is 8.65.